The number of benzene rings is 3. The topological polar surface area (TPSA) is 116 Å². The van der Waals surface area contributed by atoms with Gasteiger partial charge >= 0.3 is 5.97 Å². The van der Waals surface area contributed by atoms with E-state index in [9.17, 15) is 9.59 Å². The van der Waals surface area contributed by atoms with Crippen LogP contribution < -0.4 is 27.1 Å². The normalized spacial score (nSPS) is 14.0. The van der Waals surface area contributed by atoms with Gasteiger partial charge in [0.15, 0.2) is 0 Å². The van der Waals surface area contributed by atoms with Gasteiger partial charge in [0.25, 0.3) is 0 Å². The molecule has 1 aliphatic heterocycles. The van der Waals surface area contributed by atoms with Gasteiger partial charge in [-0.05, 0) is 60.6 Å². The standard InChI is InChI=1S/C28H31ClN6O3/c1-2-38-27(37)24(16-13-19-7-4-3-5-8-19)30-25(26(36)31-28-32-34-35-33-28)17-20-11-14-21(15-12-20)22-9-6-10-23(29)18-22/h3-12,14-15,18,24-25,30,34-35H,2,13,16-17H2,1H3,(H2,31,32,33,36)/t24-,25-/m0/s1. The van der Waals surface area contributed by atoms with Crippen LogP contribution in [0.4, 0.5) is 0 Å². The Balaban J connectivity index is 1.52. The Morgan fingerprint density at radius 3 is 2.42 bits per heavy atom. The minimum Gasteiger partial charge on any atom is -0.465 e. The SMILES string of the molecule is CCOC(=O)[C@H](CCc1ccccc1)N[C@@H](Cc1ccc(-c2cccc(Cl)c2)cc1)C(=O)NC1=NNNN1. The summed E-state index contributed by atoms with van der Waals surface area (Å²) in [6.07, 6.45) is 1.47. The molecule has 3 aromatic rings. The maximum Gasteiger partial charge on any atom is 0.323 e. The van der Waals surface area contributed by atoms with Crippen molar-refractivity contribution in [2.75, 3.05) is 6.61 Å². The van der Waals surface area contributed by atoms with Crippen LogP contribution in [0.15, 0.2) is 84.0 Å². The number of hydrogen-bond acceptors (Lipinski definition) is 8. The Labute approximate surface area is 226 Å². The van der Waals surface area contributed by atoms with Crippen molar-refractivity contribution in [1.82, 2.24) is 27.1 Å². The number of aryl methyl sites for hydroxylation is 1. The fourth-order valence-corrected chi connectivity index (χ4v) is 4.33. The zero-order chi connectivity index (χ0) is 26.7. The first-order chi connectivity index (χ1) is 18.5. The highest BCUT2D eigenvalue weighted by molar-refractivity contribution is 6.30. The molecule has 198 valence electrons. The van der Waals surface area contributed by atoms with Crippen LogP contribution in [0.25, 0.3) is 11.1 Å². The van der Waals surface area contributed by atoms with E-state index in [-0.39, 0.29) is 18.5 Å². The van der Waals surface area contributed by atoms with Crippen molar-refractivity contribution in [2.45, 2.75) is 38.3 Å². The van der Waals surface area contributed by atoms with Crippen molar-refractivity contribution >= 4 is 29.4 Å². The lowest BCUT2D eigenvalue weighted by Gasteiger charge is -2.24. The second-order valence-corrected chi connectivity index (χ2v) is 9.21. The van der Waals surface area contributed by atoms with Gasteiger partial charge < -0.3 is 4.74 Å². The van der Waals surface area contributed by atoms with E-state index in [2.05, 4.69) is 32.2 Å². The van der Waals surface area contributed by atoms with E-state index in [1.807, 2.05) is 78.9 Å². The molecule has 0 saturated heterocycles. The highest BCUT2D eigenvalue weighted by Crippen LogP contribution is 2.23. The first-order valence-corrected chi connectivity index (χ1v) is 12.9. The number of nitrogens with one attached hydrogen (secondary N) is 5. The van der Waals surface area contributed by atoms with Crippen LogP contribution in [-0.2, 0) is 27.2 Å². The first-order valence-electron chi connectivity index (χ1n) is 12.5. The number of guanidine groups is 1. The van der Waals surface area contributed by atoms with Crippen molar-refractivity contribution in [1.29, 1.82) is 0 Å². The number of carbonyl (C=O) groups is 2. The second-order valence-electron chi connectivity index (χ2n) is 8.77. The average molecular weight is 535 g/mol. The van der Waals surface area contributed by atoms with Crippen molar-refractivity contribution in [2.24, 2.45) is 5.10 Å². The Kier molecular flexibility index (Phi) is 9.69. The second kappa shape index (κ2) is 13.6. The van der Waals surface area contributed by atoms with Gasteiger partial charge in [-0.2, -0.15) is 0 Å². The van der Waals surface area contributed by atoms with Crippen LogP contribution >= 0.6 is 11.6 Å². The molecule has 1 aliphatic rings. The number of rotatable bonds is 11. The number of esters is 1. The Hall–Kier alpha value is -3.92. The molecule has 0 bridgehead atoms. The molecule has 5 N–H and O–H groups in total. The molecule has 3 aromatic carbocycles. The van der Waals surface area contributed by atoms with Crippen LogP contribution in [0.5, 0.6) is 0 Å². The zero-order valence-electron chi connectivity index (χ0n) is 21.0. The van der Waals surface area contributed by atoms with Crippen molar-refractivity contribution in [3.63, 3.8) is 0 Å². The van der Waals surface area contributed by atoms with Gasteiger partial charge in [-0.15, -0.1) is 10.6 Å². The number of halogens is 1. The van der Waals surface area contributed by atoms with Gasteiger partial charge in [0, 0.05) is 5.02 Å². The highest BCUT2D eigenvalue weighted by atomic mass is 35.5. The van der Waals surface area contributed by atoms with Gasteiger partial charge in [0.1, 0.15) is 6.04 Å². The Bertz CT molecular complexity index is 1250. The third-order valence-corrected chi connectivity index (χ3v) is 6.29. The van der Waals surface area contributed by atoms with Gasteiger partial charge in [-0.25, -0.2) is 5.53 Å². The lowest BCUT2D eigenvalue weighted by atomic mass is 9.99. The summed E-state index contributed by atoms with van der Waals surface area (Å²) in [5.41, 5.74) is 11.8. The van der Waals surface area contributed by atoms with Gasteiger partial charge in [0.05, 0.1) is 12.6 Å². The molecule has 38 heavy (non-hydrogen) atoms. The molecule has 9 nitrogen and oxygen atoms in total. The van der Waals surface area contributed by atoms with Crippen molar-refractivity contribution in [3.8, 4) is 11.1 Å². The molecule has 1 amide bonds. The molecule has 0 aromatic heterocycles. The molecule has 4 rings (SSSR count). The van der Waals surface area contributed by atoms with Crippen LogP contribution in [0.1, 0.15) is 24.5 Å². The number of carbonyl (C=O) groups excluding carboxylic acids is 2. The summed E-state index contributed by atoms with van der Waals surface area (Å²) >= 11 is 6.15. The Morgan fingerprint density at radius 1 is 0.947 bits per heavy atom. The summed E-state index contributed by atoms with van der Waals surface area (Å²) in [5.74, 6) is -0.498. The average Bonchev–Trinajstić information content (AvgIpc) is 3.44. The molecule has 10 heteroatoms. The fourth-order valence-electron chi connectivity index (χ4n) is 4.14. The minimum atomic E-state index is -0.734. The molecule has 0 fully saturated rings. The number of hydrazine groups is 2. The maximum atomic E-state index is 13.3. The van der Waals surface area contributed by atoms with Crippen LogP contribution in [0.2, 0.25) is 5.02 Å². The minimum absolute atomic E-state index is 0.232. The molecule has 2 atom stereocenters. The fraction of sp³-hybridized carbons (Fsp3) is 0.250. The van der Waals surface area contributed by atoms with Gasteiger partial charge in [-0.3, -0.25) is 25.6 Å². The summed E-state index contributed by atoms with van der Waals surface area (Å²) in [6.45, 7) is 2.02. The monoisotopic (exact) mass is 534 g/mol. The number of hydrogen-bond donors (Lipinski definition) is 5. The van der Waals surface area contributed by atoms with E-state index in [0.29, 0.717) is 24.3 Å². The molecule has 0 spiro atoms. The van der Waals surface area contributed by atoms with Crippen LogP contribution in [-0.4, -0.2) is 36.5 Å². The molecule has 0 unspecified atom stereocenters. The third kappa shape index (κ3) is 7.79. The number of ether oxygens (including phenoxy) is 1. The molecular weight excluding hydrogens is 504 g/mol. The smallest absolute Gasteiger partial charge is 0.323 e. The molecule has 1 heterocycles. The van der Waals surface area contributed by atoms with E-state index < -0.39 is 18.1 Å². The van der Waals surface area contributed by atoms with Crippen LogP contribution in [0.3, 0.4) is 0 Å². The van der Waals surface area contributed by atoms with E-state index in [1.54, 1.807) is 6.92 Å². The van der Waals surface area contributed by atoms with Crippen LogP contribution in [0, 0.1) is 0 Å². The first kappa shape index (κ1) is 27.1. The predicted molar refractivity (Wildman–Crippen MR) is 148 cm³/mol. The number of nitrogens with zero attached hydrogens (tertiary/aromatic N) is 1. The third-order valence-electron chi connectivity index (χ3n) is 6.05. The quantitative estimate of drug-likeness (QED) is 0.240. The Morgan fingerprint density at radius 2 is 1.74 bits per heavy atom. The largest absolute Gasteiger partial charge is 0.465 e. The van der Waals surface area contributed by atoms with Crippen molar-refractivity contribution in [3.05, 3.63) is 95.0 Å². The van der Waals surface area contributed by atoms with E-state index >= 15 is 0 Å². The summed E-state index contributed by atoms with van der Waals surface area (Å²) < 4.78 is 5.33. The van der Waals surface area contributed by atoms with Gasteiger partial charge in [-0.1, -0.05) is 78.3 Å². The maximum absolute atomic E-state index is 13.3. The molecule has 0 saturated carbocycles. The van der Waals surface area contributed by atoms with Crippen molar-refractivity contribution < 1.29 is 14.3 Å². The zero-order valence-corrected chi connectivity index (χ0v) is 21.8. The summed E-state index contributed by atoms with van der Waals surface area (Å²) in [4.78, 5) is 26.2. The predicted octanol–water partition coefficient (Wildman–Crippen LogP) is 3.07. The number of amides is 1. The lowest BCUT2D eigenvalue weighted by Crippen LogP contribution is -2.55. The summed E-state index contributed by atoms with van der Waals surface area (Å²) in [5, 5.41) is 10.6. The van der Waals surface area contributed by atoms with E-state index in [1.165, 1.54) is 0 Å². The molecule has 0 aliphatic carbocycles. The van der Waals surface area contributed by atoms with Gasteiger partial charge in [0.2, 0.25) is 11.9 Å². The molecular formula is C28H31ClN6O3. The molecule has 0 radical (unpaired) electrons. The summed E-state index contributed by atoms with van der Waals surface area (Å²) in [7, 11) is 0. The van der Waals surface area contributed by atoms with E-state index in [4.69, 9.17) is 16.3 Å². The summed E-state index contributed by atoms with van der Waals surface area (Å²) in [6, 6.07) is 24.0. The lowest BCUT2D eigenvalue weighted by molar-refractivity contribution is -0.146. The number of hydrazone groups is 1. The highest BCUT2D eigenvalue weighted by Gasteiger charge is 2.28. The van der Waals surface area contributed by atoms with E-state index in [0.717, 1.165) is 22.3 Å².